The van der Waals surface area contributed by atoms with Gasteiger partial charge in [0.2, 0.25) is 15.9 Å². The maximum atomic E-state index is 13.5. The number of nitrogens with zero attached hydrogens (tertiary/aromatic N) is 1. The Bertz CT molecular complexity index is 1530. The maximum absolute atomic E-state index is 13.5. The largest absolute Gasteiger partial charge is 0.508 e. The Morgan fingerprint density at radius 1 is 1.05 bits per heavy atom. The number of phenols is 1. The first-order valence-corrected chi connectivity index (χ1v) is 13.9. The van der Waals surface area contributed by atoms with Gasteiger partial charge in [-0.15, -0.1) is 0 Å². The van der Waals surface area contributed by atoms with Gasteiger partial charge in [-0.1, -0.05) is 17.7 Å². The molecule has 0 unspecified atom stereocenters. The van der Waals surface area contributed by atoms with Gasteiger partial charge < -0.3 is 25.0 Å². The molecule has 38 heavy (non-hydrogen) atoms. The SMILES string of the molecule is Cc1ccc(S(=O)(=O)N[C@@H](Cc2c[nH]c3ccc(O)cc23)C(=O)Nc2ccc(N3CCOCC3)cc2)cc1. The Hall–Kier alpha value is -3.86. The van der Waals surface area contributed by atoms with Gasteiger partial charge in [-0.3, -0.25) is 4.79 Å². The molecule has 1 aromatic heterocycles. The van der Waals surface area contributed by atoms with E-state index < -0.39 is 22.0 Å². The van der Waals surface area contributed by atoms with Crippen molar-refractivity contribution in [3.63, 3.8) is 0 Å². The zero-order chi connectivity index (χ0) is 26.7. The Balaban J connectivity index is 1.39. The third-order valence-corrected chi connectivity index (χ3v) is 8.12. The minimum Gasteiger partial charge on any atom is -0.508 e. The summed E-state index contributed by atoms with van der Waals surface area (Å²) in [5, 5.41) is 13.5. The minimum absolute atomic E-state index is 0.0756. The van der Waals surface area contributed by atoms with E-state index in [1.54, 1.807) is 48.7 Å². The number of carbonyl (C=O) groups is 1. The highest BCUT2D eigenvalue weighted by molar-refractivity contribution is 7.89. The number of aryl methyl sites for hydroxylation is 1. The number of sulfonamides is 1. The third-order valence-electron chi connectivity index (χ3n) is 6.63. The van der Waals surface area contributed by atoms with Crippen LogP contribution in [-0.4, -0.2) is 56.8 Å². The van der Waals surface area contributed by atoms with E-state index in [-0.39, 0.29) is 17.1 Å². The summed E-state index contributed by atoms with van der Waals surface area (Å²) in [6.45, 7) is 4.82. The lowest BCUT2D eigenvalue weighted by Crippen LogP contribution is -2.45. The van der Waals surface area contributed by atoms with Crippen molar-refractivity contribution in [2.75, 3.05) is 36.5 Å². The van der Waals surface area contributed by atoms with Gasteiger partial charge in [0.05, 0.1) is 18.1 Å². The molecule has 2 heterocycles. The molecule has 3 aromatic carbocycles. The fraction of sp³-hybridized carbons (Fsp3) is 0.250. The summed E-state index contributed by atoms with van der Waals surface area (Å²) in [4.78, 5) is 18.9. The summed E-state index contributed by atoms with van der Waals surface area (Å²) in [5.41, 5.74) is 3.99. The quantitative estimate of drug-likeness (QED) is 0.274. The van der Waals surface area contributed by atoms with Crippen molar-refractivity contribution >= 4 is 38.2 Å². The summed E-state index contributed by atoms with van der Waals surface area (Å²) in [6.07, 6.45) is 1.80. The van der Waals surface area contributed by atoms with Gasteiger partial charge in [0.25, 0.3) is 0 Å². The lowest BCUT2D eigenvalue weighted by Gasteiger charge is -2.29. The second kappa shape index (κ2) is 10.9. The highest BCUT2D eigenvalue weighted by atomic mass is 32.2. The summed E-state index contributed by atoms with van der Waals surface area (Å²) in [6, 6.07) is 17.7. The van der Waals surface area contributed by atoms with Crippen LogP contribution in [0.25, 0.3) is 10.9 Å². The first-order chi connectivity index (χ1) is 18.3. The number of nitrogens with one attached hydrogen (secondary N) is 3. The van der Waals surface area contributed by atoms with Crippen molar-refractivity contribution in [3.05, 3.63) is 84.1 Å². The van der Waals surface area contributed by atoms with E-state index in [9.17, 15) is 18.3 Å². The lowest BCUT2D eigenvalue weighted by atomic mass is 10.0. The number of rotatable bonds is 8. The number of H-pyrrole nitrogens is 1. The molecule has 1 amide bonds. The number of anilines is 2. The van der Waals surface area contributed by atoms with Crippen LogP contribution in [0.5, 0.6) is 5.75 Å². The third kappa shape index (κ3) is 5.83. The zero-order valence-electron chi connectivity index (χ0n) is 21.0. The van der Waals surface area contributed by atoms with E-state index in [2.05, 4.69) is 19.9 Å². The topological polar surface area (TPSA) is 124 Å². The molecule has 1 saturated heterocycles. The van der Waals surface area contributed by atoms with Gasteiger partial charge in [-0.05, 0) is 73.5 Å². The molecule has 10 heteroatoms. The Kier molecular flexibility index (Phi) is 7.37. The molecule has 1 aliphatic heterocycles. The van der Waals surface area contributed by atoms with Crippen LogP contribution in [0, 0.1) is 6.92 Å². The number of aromatic nitrogens is 1. The van der Waals surface area contributed by atoms with Crippen molar-refractivity contribution < 1.29 is 23.1 Å². The Morgan fingerprint density at radius 2 is 1.76 bits per heavy atom. The van der Waals surface area contributed by atoms with E-state index in [1.807, 2.05) is 19.1 Å². The van der Waals surface area contributed by atoms with Crippen LogP contribution in [0.4, 0.5) is 11.4 Å². The van der Waals surface area contributed by atoms with Gasteiger partial charge in [0, 0.05) is 41.6 Å². The standard InChI is InChI=1S/C28H30N4O5S/c1-19-2-9-24(10-3-19)38(35,36)31-27(16-20-18-29-26-11-8-23(33)17-25(20)26)28(34)30-21-4-6-22(7-5-21)32-12-14-37-15-13-32/h2-11,17-18,27,29,31,33H,12-16H2,1H3,(H,30,34)/t27-/m0/s1. The predicted molar refractivity (Wildman–Crippen MR) is 147 cm³/mol. The van der Waals surface area contributed by atoms with Crippen LogP contribution in [0.3, 0.4) is 0 Å². The van der Waals surface area contributed by atoms with Gasteiger partial charge >= 0.3 is 0 Å². The number of hydrogen-bond donors (Lipinski definition) is 4. The van der Waals surface area contributed by atoms with E-state index in [4.69, 9.17) is 4.74 Å². The molecule has 4 N–H and O–H groups in total. The molecule has 0 bridgehead atoms. The van der Waals surface area contributed by atoms with Crippen LogP contribution in [0.1, 0.15) is 11.1 Å². The molecule has 0 saturated carbocycles. The molecule has 1 aliphatic rings. The number of morpholine rings is 1. The summed E-state index contributed by atoms with van der Waals surface area (Å²) >= 11 is 0. The van der Waals surface area contributed by atoms with E-state index in [0.29, 0.717) is 29.9 Å². The number of aromatic hydroxyl groups is 1. The van der Waals surface area contributed by atoms with Crippen molar-refractivity contribution in [1.29, 1.82) is 0 Å². The lowest BCUT2D eigenvalue weighted by molar-refractivity contribution is -0.117. The number of benzene rings is 3. The van der Waals surface area contributed by atoms with Gasteiger partial charge in [0.1, 0.15) is 11.8 Å². The second-order valence-corrected chi connectivity index (χ2v) is 11.1. The van der Waals surface area contributed by atoms with Crippen LogP contribution < -0.4 is 14.9 Å². The zero-order valence-corrected chi connectivity index (χ0v) is 21.8. The van der Waals surface area contributed by atoms with E-state index >= 15 is 0 Å². The molecule has 9 nitrogen and oxygen atoms in total. The minimum atomic E-state index is -3.99. The molecular formula is C28H30N4O5S. The number of hydrogen-bond acceptors (Lipinski definition) is 6. The van der Waals surface area contributed by atoms with E-state index in [1.165, 1.54) is 12.1 Å². The highest BCUT2D eigenvalue weighted by Crippen LogP contribution is 2.25. The summed E-state index contributed by atoms with van der Waals surface area (Å²) in [7, 11) is -3.99. The molecule has 1 atom stereocenters. The number of carbonyl (C=O) groups excluding carboxylic acids is 1. The number of aromatic amines is 1. The van der Waals surface area contributed by atoms with Crippen LogP contribution in [0.2, 0.25) is 0 Å². The van der Waals surface area contributed by atoms with Gasteiger partial charge in [-0.25, -0.2) is 8.42 Å². The fourth-order valence-electron chi connectivity index (χ4n) is 4.52. The van der Waals surface area contributed by atoms with E-state index in [0.717, 1.165) is 29.9 Å². The normalized spacial score (nSPS) is 14.9. The molecular weight excluding hydrogens is 504 g/mol. The fourth-order valence-corrected chi connectivity index (χ4v) is 5.72. The van der Waals surface area contributed by atoms with Crippen molar-refractivity contribution in [2.45, 2.75) is 24.3 Å². The number of phenolic OH excluding ortho intramolecular Hbond substituents is 1. The Labute approximate surface area is 221 Å². The molecule has 0 radical (unpaired) electrons. The predicted octanol–water partition coefficient (Wildman–Crippen LogP) is 3.55. The molecule has 4 aromatic rings. The van der Waals surface area contributed by atoms with Crippen molar-refractivity contribution in [2.24, 2.45) is 0 Å². The molecule has 198 valence electrons. The Morgan fingerprint density at radius 3 is 2.47 bits per heavy atom. The molecule has 1 fully saturated rings. The second-order valence-electron chi connectivity index (χ2n) is 9.37. The first kappa shape index (κ1) is 25.8. The average Bonchev–Trinajstić information content (AvgIpc) is 3.31. The van der Waals surface area contributed by atoms with Crippen molar-refractivity contribution in [3.8, 4) is 5.75 Å². The van der Waals surface area contributed by atoms with Gasteiger partial charge in [0.15, 0.2) is 0 Å². The highest BCUT2D eigenvalue weighted by Gasteiger charge is 2.27. The van der Waals surface area contributed by atoms with Gasteiger partial charge in [-0.2, -0.15) is 4.72 Å². The average molecular weight is 535 g/mol. The van der Waals surface area contributed by atoms with Crippen LogP contribution in [0.15, 0.2) is 77.8 Å². The number of amides is 1. The summed E-state index contributed by atoms with van der Waals surface area (Å²) in [5.74, 6) is -0.408. The first-order valence-electron chi connectivity index (χ1n) is 12.4. The monoisotopic (exact) mass is 534 g/mol. The molecule has 5 rings (SSSR count). The summed E-state index contributed by atoms with van der Waals surface area (Å²) < 4.78 is 34.4. The smallest absolute Gasteiger partial charge is 0.242 e. The van der Waals surface area contributed by atoms with Crippen molar-refractivity contribution in [1.82, 2.24) is 9.71 Å². The molecule has 0 aliphatic carbocycles. The van der Waals surface area contributed by atoms with Crippen LogP contribution in [-0.2, 0) is 26.0 Å². The van der Waals surface area contributed by atoms with Crippen LogP contribution >= 0.6 is 0 Å². The number of fused-ring (bicyclic) bond motifs is 1. The number of ether oxygens (including phenoxy) is 1. The maximum Gasteiger partial charge on any atom is 0.242 e. The molecule has 0 spiro atoms.